The molecule has 7 atom stereocenters. The first-order valence-electron chi connectivity index (χ1n) is 9.85. The molecule has 1 N–H and O–H groups in total. The van der Waals surface area contributed by atoms with Crippen molar-refractivity contribution in [2.45, 2.75) is 83.3 Å². The Kier molecular flexibility index (Phi) is 4.02. The third-order valence-electron chi connectivity index (χ3n) is 8.74. The summed E-state index contributed by atoms with van der Waals surface area (Å²) in [5.74, 6) is 3.57. The predicted octanol–water partition coefficient (Wildman–Crippen LogP) is 6.20. The number of fused-ring (bicyclic) bond motifs is 5. The number of hydrogen-bond acceptors (Lipinski definition) is 2. The van der Waals surface area contributed by atoms with Gasteiger partial charge in [0.15, 0.2) is 0 Å². The smallest absolute Gasteiger partial charge is 0.365 e. The Labute approximate surface area is 145 Å². The Bertz CT molecular complexity index is 492. The molecule has 4 aliphatic rings. The summed E-state index contributed by atoms with van der Waals surface area (Å²) in [7, 11) is 0. The van der Waals surface area contributed by atoms with Crippen molar-refractivity contribution in [2.24, 2.45) is 34.5 Å². The summed E-state index contributed by atoms with van der Waals surface area (Å²) in [5, 5.41) is 8.95. The number of hydrogen-bond donors (Lipinski definition) is 1. The maximum Gasteiger partial charge on any atom is 0.365 e. The molecule has 0 bridgehead atoms. The van der Waals surface area contributed by atoms with Crippen molar-refractivity contribution in [1.82, 2.24) is 0 Å². The fourth-order valence-electron chi connectivity index (χ4n) is 7.56. The molecule has 0 radical (unpaired) electrons. The Balaban J connectivity index is 1.59. The molecule has 4 aliphatic carbocycles. The molecule has 2 nitrogen and oxygen atoms in total. The molecule has 4 rings (SSSR count). The highest BCUT2D eigenvalue weighted by molar-refractivity contribution is 8.13. The summed E-state index contributed by atoms with van der Waals surface area (Å²) in [6.07, 6.45) is 13.7. The normalized spacial score (nSPS) is 52.3. The first-order valence-corrected chi connectivity index (χ1v) is 10.7. The number of carbonyl (C=O) groups is 1. The highest BCUT2D eigenvalue weighted by Crippen LogP contribution is 2.67. The second-order valence-electron chi connectivity index (χ2n) is 9.40. The zero-order valence-corrected chi connectivity index (χ0v) is 15.5. The van der Waals surface area contributed by atoms with Gasteiger partial charge in [0.1, 0.15) is 0 Å². The average molecular weight is 337 g/mol. The number of rotatable bonds is 1. The maximum atomic E-state index is 11.3. The van der Waals surface area contributed by atoms with Crippen LogP contribution in [0.4, 0.5) is 4.79 Å². The Hall–Kier alpha value is -0.180. The van der Waals surface area contributed by atoms with Crippen LogP contribution in [0, 0.1) is 34.5 Å². The van der Waals surface area contributed by atoms with Gasteiger partial charge < -0.3 is 5.11 Å². The van der Waals surface area contributed by atoms with E-state index in [9.17, 15) is 9.90 Å². The van der Waals surface area contributed by atoms with Crippen molar-refractivity contribution >= 4 is 17.1 Å². The summed E-state index contributed by atoms with van der Waals surface area (Å²) < 4.78 is 0. The van der Waals surface area contributed by atoms with E-state index in [4.69, 9.17) is 0 Å². The molecule has 0 aromatic carbocycles. The summed E-state index contributed by atoms with van der Waals surface area (Å²) in [5.41, 5.74) is 0.878. The lowest BCUT2D eigenvalue weighted by Gasteiger charge is -2.60. The molecule has 4 saturated carbocycles. The zero-order chi connectivity index (χ0) is 16.2. The van der Waals surface area contributed by atoms with Crippen LogP contribution in [0.3, 0.4) is 0 Å². The van der Waals surface area contributed by atoms with Crippen molar-refractivity contribution in [3.63, 3.8) is 0 Å². The van der Waals surface area contributed by atoms with Crippen LogP contribution in [0.2, 0.25) is 0 Å². The van der Waals surface area contributed by atoms with E-state index in [2.05, 4.69) is 13.8 Å². The first-order chi connectivity index (χ1) is 10.9. The van der Waals surface area contributed by atoms with Crippen LogP contribution in [-0.4, -0.2) is 15.7 Å². The third-order valence-corrected chi connectivity index (χ3v) is 10.00. The van der Waals surface area contributed by atoms with Crippen LogP contribution in [0.5, 0.6) is 0 Å². The van der Waals surface area contributed by atoms with Gasteiger partial charge in [0.2, 0.25) is 0 Å². The predicted molar refractivity (Wildman–Crippen MR) is 95.7 cm³/mol. The molecule has 3 heteroatoms. The third kappa shape index (κ3) is 2.40. The summed E-state index contributed by atoms with van der Waals surface area (Å²) in [6.45, 7) is 5.05. The fourth-order valence-corrected chi connectivity index (χ4v) is 8.62. The van der Waals surface area contributed by atoms with Crippen LogP contribution < -0.4 is 0 Å². The van der Waals surface area contributed by atoms with Crippen LogP contribution in [0.15, 0.2) is 0 Å². The molecule has 0 aromatic rings. The lowest BCUT2D eigenvalue weighted by molar-refractivity contribution is -0.102. The molecule has 0 saturated heterocycles. The van der Waals surface area contributed by atoms with E-state index in [0.717, 1.165) is 30.1 Å². The SMILES string of the molecule is C[C@]12CCCCC1CC[C@@H]1[C@H]2CC[C@]2(C)C(SC(=O)O)CC[C@@H]12. The van der Waals surface area contributed by atoms with E-state index < -0.39 is 5.30 Å². The molecule has 0 heterocycles. The van der Waals surface area contributed by atoms with E-state index in [1.165, 1.54) is 69.5 Å². The standard InChI is InChI=1S/C20H32O2S/c1-19-11-4-3-5-13(19)6-7-14-15-8-9-17(23-18(21)22)20(15,2)12-10-16(14)19/h13-17H,3-12H2,1-2H3,(H,21,22)/t13?,14-,15-,16+,17?,19-,20-/m0/s1. The molecular weight excluding hydrogens is 304 g/mol. The average Bonchev–Trinajstić information content (AvgIpc) is 2.83. The van der Waals surface area contributed by atoms with Gasteiger partial charge in [0.25, 0.3) is 0 Å². The Morgan fingerprint density at radius 3 is 2.48 bits per heavy atom. The van der Waals surface area contributed by atoms with E-state index in [0.29, 0.717) is 10.7 Å². The zero-order valence-electron chi connectivity index (χ0n) is 14.7. The first kappa shape index (κ1) is 16.3. The van der Waals surface area contributed by atoms with Crippen LogP contribution in [0.1, 0.15) is 78.1 Å². The van der Waals surface area contributed by atoms with E-state index in [1.54, 1.807) is 0 Å². The monoisotopic (exact) mass is 336 g/mol. The highest BCUT2D eigenvalue weighted by Gasteiger charge is 2.59. The maximum absolute atomic E-state index is 11.3. The number of carboxylic acid groups (broad SMARTS) is 1. The van der Waals surface area contributed by atoms with Crippen LogP contribution in [-0.2, 0) is 0 Å². The lowest BCUT2D eigenvalue weighted by atomic mass is 9.45. The van der Waals surface area contributed by atoms with Gasteiger partial charge in [0.05, 0.1) is 0 Å². The minimum atomic E-state index is -0.665. The van der Waals surface area contributed by atoms with Crippen molar-refractivity contribution in [3.8, 4) is 0 Å². The van der Waals surface area contributed by atoms with Crippen molar-refractivity contribution in [2.75, 3.05) is 0 Å². The molecule has 23 heavy (non-hydrogen) atoms. The van der Waals surface area contributed by atoms with Gasteiger partial charge in [-0.05, 0) is 97.6 Å². The molecule has 2 unspecified atom stereocenters. The minimum Gasteiger partial charge on any atom is -0.473 e. The molecule has 4 fully saturated rings. The molecule has 0 amide bonds. The Morgan fingerprint density at radius 1 is 0.913 bits per heavy atom. The van der Waals surface area contributed by atoms with E-state index in [-0.39, 0.29) is 5.41 Å². The van der Waals surface area contributed by atoms with E-state index in [1.807, 2.05) is 0 Å². The topological polar surface area (TPSA) is 37.3 Å². The second-order valence-corrected chi connectivity index (χ2v) is 10.6. The van der Waals surface area contributed by atoms with E-state index >= 15 is 0 Å². The van der Waals surface area contributed by atoms with Crippen molar-refractivity contribution < 1.29 is 9.90 Å². The van der Waals surface area contributed by atoms with Gasteiger partial charge in [-0.1, -0.05) is 26.7 Å². The van der Waals surface area contributed by atoms with Crippen LogP contribution >= 0.6 is 11.8 Å². The van der Waals surface area contributed by atoms with Gasteiger partial charge in [-0.25, -0.2) is 4.79 Å². The van der Waals surface area contributed by atoms with Gasteiger partial charge in [-0.3, -0.25) is 0 Å². The summed E-state index contributed by atoms with van der Waals surface area (Å²) in [6, 6.07) is 0. The van der Waals surface area contributed by atoms with Gasteiger partial charge in [-0.2, -0.15) is 0 Å². The largest absolute Gasteiger partial charge is 0.473 e. The summed E-state index contributed by atoms with van der Waals surface area (Å²) in [4.78, 5) is 11.3. The lowest BCUT2D eigenvalue weighted by Crippen LogP contribution is -2.53. The van der Waals surface area contributed by atoms with Gasteiger partial charge in [0, 0.05) is 5.25 Å². The quantitative estimate of drug-likeness (QED) is 0.619. The minimum absolute atomic E-state index is 0.280. The molecule has 0 spiro atoms. The van der Waals surface area contributed by atoms with Gasteiger partial charge in [-0.15, -0.1) is 0 Å². The molecule has 0 aliphatic heterocycles. The highest BCUT2D eigenvalue weighted by atomic mass is 32.2. The van der Waals surface area contributed by atoms with Crippen LogP contribution in [0.25, 0.3) is 0 Å². The Morgan fingerprint density at radius 2 is 1.70 bits per heavy atom. The number of thioether (sulfide) groups is 1. The fraction of sp³-hybridized carbons (Fsp3) is 0.950. The molecule has 0 aromatic heterocycles. The second kappa shape index (κ2) is 5.68. The molecular formula is C20H32O2S. The van der Waals surface area contributed by atoms with Crippen molar-refractivity contribution in [3.05, 3.63) is 0 Å². The van der Waals surface area contributed by atoms with Gasteiger partial charge >= 0.3 is 5.30 Å². The summed E-state index contributed by atoms with van der Waals surface area (Å²) >= 11 is 1.22. The van der Waals surface area contributed by atoms with Crippen molar-refractivity contribution in [1.29, 1.82) is 0 Å². The molecule has 130 valence electrons.